The molecule has 0 aromatic rings. The second-order valence-electron chi connectivity index (χ2n) is 7.64. The van der Waals surface area contributed by atoms with Crippen LogP contribution in [0.2, 0.25) is 0 Å². The Morgan fingerprint density at radius 3 is 2.79 bits per heavy atom. The van der Waals surface area contributed by atoms with E-state index < -0.39 is 11.6 Å². The SMILES string of the molecule is C[C@H](O)C(=O)N[C@@H]1CCN(CCN2[C@@H]3CCC[C@@]2(C(N)=O)CC3)C1. The lowest BCUT2D eigenvalue weighted by Crippen LogP contribution is -2.59. The maximum absolute atomic E-state index is 12.1. The highest BCUT2D eigenvalue weighted by atomic mass is 16.3. The monoisotopic (exact) mass is 338 g/mol. The van der Waals surface area contributed by atoms with Crippen LogP contribution in [0.5, 0.6) is 0 Å². The van der Waals surface area contributed by atoms with E-state index in [0.29, 0.717) is 6.04 Å². The van der Waals surface area contributed by atoms with Crippen molar-refractivity contribution in [2.45, 2.75) is 69.2 Å². The number of hydrogen-bond donors (Lipinski definition) is 3. The molecule has 7 heteroatoms. The summed E-state index contributed by atoms with van der Waals surface area (Å²) in [6.45, 7) is 4.99. The number of likely N-dealkylation sites (tertiary alicyclic amines) is 1. The van der Waals surface area contributed by atoms with Gasteiger partial charge in [0.25, 0.3) is 0 Å². The lowest BCUT2D eigenvalue weighted by Gasteiger charge is -2.43. The molecule has 3 fully saturated rings. The van der Waals surface area contributed by atoms with Crippen molar-refractivity contribution >= 4 is 11.8 Å². The number of nitrogens with one attached hydrogen (secondary N) is 1. The van der Waals surface area contributed by atoms with Crippen molar-refractivity contribution in [1.82, 2.24) is 15.1 Å². The van der Waals surface area contributed by atoms with Crippen LogP contribution in [-0.2, 0) is 9.59 Å². The molecular weight excluding hydrogens is 308 g/mol. The summed E-state index contributed by atoms with van der Waals surface area (Å²) in [5.74, 6) is -0.461. The van der Waals surface area contributed by atoms with E-state index in [-0.39, 0.29) is 17.9 Å². The predicted octanol–water partition coefficient (Wildman–Crippen LogP) is -0.570. The molecule has 0 aromatic heterocycles. The largest absolute Gasteiger partial charge is 0.384 e. The molecule has 0 saturated carbocycles. The molecule has 4 N–H and O–H groups in total. The van der Waals surface area contributed by atoms with E-state index in [4.69, 9.17) is 5.73 Å². The van der Waals surface area contributed by atoms with E-state index in [1.807, 2.05) is 0 Å². The summed E-state index contributed by atoms with van der Waals surface area (Å²) in [7, 11) is 0. The van der Waals surface area contributed by atoms with Crippen molar-refractivity contribution in [3.8, 4) is 0 Å². The third-order valence-electron chi connectivity index (χ3n) is 6.12. The maximum Gasteiger partial charge on any atom is 0.248 e. The number of carbonyl (C=O) groups is 2. The fourth-order valence-corrected chi connectivity index (χ4v) is 4.76. The highest BCUT2D eigenvalue weighted by Gasteiger charge is 2.52. The molecule has 136 valence electrons. The van der Waals surface area contributed by atoms with Crippen molar-refractivity contribution in [3.63, 3.8) is 0 Å². The Hall–Kier alpha value is -1.18. The minimum Gasteiger partial charge on any atom is -0.384 e. The Balaban J connectivity index is 1.51. The molecule has 24 heavy (non-hydrogen) atoms. The topological polar surface area (TPSA) is 98.9 Å². The van der Waals surface area contributed by atoms with Gasteiger partial charge in [0, 0.05) is 38.3 Å². The van der Waals surface area contributed by atoms with Gasteiger partial charge in [-0.1, -0.05) is 0 Å². The van der Waals surface area contributed by atoms with Gasteiger partial charge in [-0.05, 0) is 45.4 Å². The standard InChI is InChI=1S/C17H30N4O3/c1-12(22)15(23)19-13-5-8-20(11-13)9-10-21-14-3-2-6-17(21,7-4-14)16(18)24/h12-14,22H,2-11H2,1H3,(H2,18,24)(H,19,23)/t12-,13+,14+,17-/m0/s1. The van der Waals surface area contributed by atoms with Gasteiger partial charge >= 0.3 is 0 Å². The molecule has 2 amide bonds. The van der Waals surface area contributed by atoms with Crippen LogP contribution < -0.4 is 11.1 Å². The zero-order chi connectivity index (χ0) is 17.3. The zero-order valence-corrected chi connectivity index (χ0v) is 14.5. The van der Waals surface area contributed by atoms with Gasteiger partial charge in [0.2, 0.25) is 11.8 Å². The number of amides is 2. The van der Waals surface area contributed by atoms with Crippen LogP contribution >= 0.6 is 0 Å². The quantitative estimate of drug-likeness (QED) is 0.602. The molecule has 0 aliphatic carbocycles. The molecule has 7 nitrogen and oxygen atoms in total. The first-order valence-electron chi connectivity index (χ1n) is 9.20. The highest BCUT2D eigenvalue weighted by molar-refractivity contribution is 5.85. The van der Waals surface area contributed by atoms with E-state index in [1.165, 1.54) is 13.3 Å². The molecule has 2 bridgehead atoms. The Kier molecular flexibility index (Phi) is 5.13. The smallest absolute Gasteiger partial charge is 0.248 e. The molecule has 0 unspecified atom stereocenters. The number of aliphatic hydroxyl groups is 1. The number of fused-ring (bicyclic) bond motifs is 2. The summed E-state index contributed by atoms with van der Waals surface area (Å²) in [6.07, 6.45) is 5.09. The van der Waals surface area contributed by atoms with Gasteiger partial charge in [-0.2, -0.15) is 0 Å². The second kappa shape index (κ2) is 6.98. The first kappa shape index (κ1) is 17.6. The third-order valence-corrected chi connectivity index (χ3v) is 6.12. The molecule has 3 aliphatic rings. The molecule has 3 aliphatic heterocycles. The van der Waals surface area contributed by atoms with E-state index in [2.05, 4.69) is 15.1 Å². The average molecular weight is 338 g/mol. The van der Waals surface area contributed by atoms with Crippen LogP contribution in [0, 0.1) is 0 Å². The van der Waals surface area contributed by atoms with E-state index >= 15 is 0 Å². The number of hydrogen-bond acceptors (Lipinski definition) is 5. The molecule has 3 saturated heterocycles. The number of carbonyl (C=O) groups excluding carboxylic acids is 2. The Morgan fingerprint density at radius 1 is 1.29 bits per heavy atom. The Labute approximate surface area is 143 Å². The summed E-state index contributed by atoms with van der Waals surface area (Å²) >= 11 is 0. The van der Waals surface area contributed by atoms with Gasteiger partial charge in [0.15, 0.2) is 0 Å². The molecule has 4 atom stereocenters. The average Bonchev–Trinajstić information content (AvgIpc) is 3.05. The van der Waals surface area contributed by atoms with Gasteiger partial charge in [-0.25, -0.2) is 0 Å². The van der Waals surface area contributed by atoms with Crippen molar-refractivity contribution in [3.05, 3.63) is 0 Å². The van der Waals surface area contributed by atoms with E-state index in [1.54, 1.807) is 0 Å². The number of aliphatic hydroxyl groups excluding tert-OH is 1. The number of rotatable bonds is 6. The molecule has 0 spiro atoms. The molecule has 3 rings (SSSR count). The second-order valence-corrected chi connectivity index (χ2v) is 7.64. The maximum atomic E-state index is 12.1. The van der Waals surface area contributed by atoms with Gasteiger partial charge in [-0.3, -0.25) is 19.4 Å². The number of nitrogens with two attached hydrogens (primary N) is 1. The van der Waals surface area contributed by atoms with Gasteiger partial charge in [0.1, 0.15) is 11.6 Å². The van der Waals surface area contributed by atoms with Crippen LogP contribution in [0.4, 0.5) is 0 Å². The Bertz CT molecular complexity index is 494. The molecule has 0 radical (unpaired) electrons. The normalized spacial score (nSPS) is 35.1. The highest BCUT2D eigenvalue weighted by Crippen LogP contribution is 2.43. The van der Waals surface area contributed by atoms with Crippen LogP contribution in [0.3, 0.4) is 0 Å². The van der Waals surface area contributed by atoms with Gasteiger partial charge < -0.3 is 16.2 Å². The summed E-state index contributed by atoms with van der Waals surface area (Å²) in [5.41, 5.74) is 5.34. The number of piperidine rings is 1. The van der Waals surface area contributed by atoms with Crippen LogP contribution in [0.15, 0.2) is 0 Å². The van der Waals surface area contributed by atoms with Gasteiger partial charge in [-0.15, -0.1) is 0 Å². The lowest BCUT2D eigenvalue weighted by molar-refractivity contribution is -0.132. The predicted molar refractivity (Wildman–Crippen MR) is 90.2 cm³/mol. The molecule has 0 aromatic carbocycles. The number of nitrogens with zero attached hydrogens (tertiary/aromatic N) is 2. The third kappa shape index (κ3) is 3.30. The zero-order valence-electron chi connectivity index (χ0n) is 14.5. The first-order chi connectivity index (χ1) is 11.4. The molecular formula is C17H30N4O3. The molecule has 3 heterocycles. The Morgan fingerprint density at radius 2 is 2.08 bits per heavy atom. The van der Waals surface area contributed by atoms with Crippen molar-refractivity contribution in [2.24, 2.45) is 5.73 Å². The minimum atomic E-state index is -0.960. The van der Waals surface area contributed by atoms with Crippen LogP contribution in [0.25, 0.3) is 0 Å². The fourth-order valence-electron chi connectivity index (χ4n) is 4.76. The minimum absolute atomic E-state index is 0.107. The van der Waals surface area contributed by atoms with E-state index in [9.17, 15) is 14.7 Å². The van der Waals surface area contributed by atoms with Crippen molar-refractivity contribution in [2.75, 3.05) is 26.2 Å². The summed E-state index contributed by atoms with van der Waals surface area (Å²) in [4.78, 5) is 28.3. The van der Waals surface area contributed by atoms with Crippen LogP contribution in [0.1, 0.15) is 45.4 Å². The van der Waals surface area contributed by atoms with Crippen molar-refractivity contribution in [1.29, 1.82) is 0 Å². The lowest BCUT2D eigenvalue weighted by atomic mass is 9.87. The summed E-state index contributed by atoms with van der Waals surface area (Å²) in [5, 5.41) is 12.2. The van der Waals surface area contributed by atoms with Crippen LogP contribution in [-0.4, -0.2) is 76.6 Å². The number of primary amides is 1. The van der Waals surface area contributed by atoms with E-state index in [0.717, 1.165) is 58.3 Å². The van der Waals surface area contributed by atoms with Gasteiger partial charge in [0.05, 0.1) is 0 Å². The fraction of sp³-hybridized carbons (Fsp3) is 0.882. The van der Waals surface area contributed by atoms with Crippen molar-refractivity contribution < 1.29 is 14.7 Å². The summed E-state index contributed by atoms with van der Waals surface area (Å²) in [6, 6.07) is 0.606. The summed E-state index contributed by atoms with van der Waals surface area (Å²) < 4.78 is 0. The first-order valence-corrected chi connectivity index (χ1v) is 9.20.